The molecule has 0 saturated carbocycles. The minimum Gasteiger partial charge on any atom is -0.494 e. The van der Waals surface area contributed by atoms with Crippen molar-refractivity contribution in [2.75, 3.05) is 11.5 Å². The number of para-hydroxylation sites is 1. The predicted octanol–water partition coefficient (Wildman–Crippen LogP) is 5.22. The molecule has 2 heterocycles. The topological polar surface area (TPSA) is 70.3 Å². The fourth-order valence-corrected chi connectivity index (χ4v) is 4.48. The standard InChI is InChI=1S/C28H22N4O2S/c1-2-34-23-13-11-22(12-14-23)32-27(33)25(30-28(32)35)15-21-18-31(26-6-4-3-5-24(21)26)17-20-9-7-19(16-29)8-10-20/h3-15,18H,2,17H2,1H3,(H,30,35)/b25-15-. The molecule has 0 aliphatic carbocycles. The molecule has 1 aliphatic rings. The number of nitriles is 1. The Morgan fingerprint density at radius 2 is 1.80 bits per heavy atom. The minimum atomic E-state index is -0.205. The summed E-state index contributed by atoms with van der Waals surface area (Å²) in [7, 11) is 0. The molecule has 1 saturated heterocycles. The Hall–Kier alpha value is -4.41. The lowest BCUT2D eigenvalue weighted by atomic mass is 10.1. The highest BCUT2D eigenvalue weighted by molar-refractivity contribution is 7.80. The number of nitrogens with zero attached hydrogens (tertiary/aromatic N) is 3. The van der Waals surface area contributed by atoms with Crippen LogP contribution in [0.5, 0.6) is 5.75 Å². The van der Waals surface area contributed by atoms with Gasteiger partial charge in [-0.2, -0.15) is 5.26 Å². The van der Waals surface area contributed by atoms with Gasteiger partial charge in [-0.1, -0.05) is 30.3 Å². The van der Waals surface area contributed by atoms with Crippen LogP contribution in [0.1, 0.15) is 23.6 Å². The van der Waals surface area contributed by atoms with E-state index < -0.39 is 0 Å². The molecule has 5 rings (SSSR count). The Labute approximate surface area is 208 Å². The van der Waals surface area contributed by atoms with Crippen LogP contribution in [0.25, 0.3) is 17.0 Å². The van der Waals surface area contributed by atoms with Crippen LogP contribution >= 0.6 is 12.2 Å². The summed E-state index contributed by atoms with van der Waals surface area (Å²) in [5.41, 5.74) is 4.80. The number of hydrogen-bond acceptors (Lipinski definition) is 4. The van der Waals surface area contributed by atoms with Crippen LogP contribution in [-0.2, 0) is 11.3 Å². The molecule has 0 spiro atoms. The second kappa shape index (κ2) is 9.45. The number of benzene rings is 3. The first-order valence-corrected chi connectivity index (χ1v) is 11.6. The second-order valence-corrected chi connectivity index (χ2v) is 8.48. The van der Waals surface area contributed by atoms with Crippen molar-refractivity contribution in [3.05, 3.63) is 101 Å². The first-order chi connectivity index (χ1) is 17.1. The molecule has 0 radical (unpaired) electrons. The summed E-state index contributed by atoms with van der Waals surface area (Å²) < 4.78 is 7.64. The molecule has 1 fully saturated rings. The van der Waals surface area contributed by atoms with Crippen molar-refractivity contribution in [3.8, 4) is 11.8 Å². The number of nitrogens with one attached hydrogen (secondary N) is 1. The number of carbonyl (C=O) groups excluding carboxylic acids is 1. The van der Waals surface area contributed by atoms with Crippen LogP contribution in [0.4, 0.5) is 5.69 Å². The van der Waals surface area contributed by atoms with E-state index in [4.69, 9.17) is 22.2 Å². The van der Waals surface area contributed by atoms with Crippen molar-refractivity contribution in [2.24, 2.45) is 0 Å². The SMILES string of the molecule is CCOc1ccc(N2C(=O)/C(=C/c3cn(Cc4ccc(C#N)cc4)c4ccccc34)NC2=S)cc1. The number of carbonyl (C=O) groups is 1. The molecule has 7 heteroatoms. The lowest BCUT2D eigenvalue weighted by Gasteiger charge is -2.14. The van der Waals surface area contributed by atoms with Crippen LogP contribution in [0, 0.1) is 11.3 Å². The van der Waals surface area contributed by atoms with Crippen LogP contribution < -0.4 is 15.0 Å². The van der Waals surface area contributed by atoms with Crippen LogP contribution in [0.15, 0.2) is 84.7 Å². The highest BCUT2D eigenvalue weighted by Gasteiger charge is 2.32. The van der Waals surface area contributed by atoms with Gasteiger partial charge in [0.1, 0.15) is 11.4 Å². The van der Waals surface area contributed by atoms with Crippen molar-refractivity contribution < 1.29 is 9.53 Å². The van der Waals surface area contributed by atoms with E-state index in [2.05, 4.69) is 22.0 Å². The van der Waals surface area contributed by atoms with Gasteiger partial charge in [0.2, 0.25) is 0 Å². The maximum absolute atomic E-state index is 13.3. The largest absolute Gasteiger partial charge is 0.494 e. The van der Waals surface area contributed by atoms with Crippen molar-refractivity contribution in [1.29, 1.82) is 5.26 Å². The van der Waals surface area contributed by atoms with E-state index in [1.54, 1.807) is 0 Å². The molecule has 0 atom stereocenters. The third-order valence-corrected chi connectivity index (χ3v) is 6.12. The number of aromatic nitrogens is 1. The maximum atomic E-state index is 13.3. The van der Waals surface area contributed by atoms with Crippen LogP contribution in [0.3, 0.4) is 0 Å². The van der Waals surface area contributed by atoms with E-state index in [1.165, 1.54) is 4.90 Å². The Morgan fingerprint density at radius 3 is 2.51 bits per heavy atom. The third kappa shape index (κ3) is 4.39. The average Bonchev–Trinajstić information content (AvgIpc) is 3.36. The zero-order chi connectivity index (χ0) is 24.4. The van der Waals surface area contributed by atoms with Gasteiger partial charge in [-0.25, -0.2) is 0 Å². The van der Waals surface area contributed by atoms with Crippen molar-refractivity contribution in [3.63, 3.8) is 0 Å². The van der Waals surface area contributed by atoms with Crippen LogP contribution in [0.2, 0.25) is 0 Å². The zero-order valence-corrected chi connectivity index (χ0v) is 19.9. The van der Waals surface area contributed by atoms with Gasteiger partial charge in [0.15, 0.2) is 5.11 Å². The second-order valence-electron chi connectivity index (χ2n) is 8.09. The Kier molecular flexibility index (Phi) is 6.04. The van der Waals surface area contributed by atoms with Crippen molar-refractivity contribution in [1.82, 2.24) is 9.88 Å². The summed E-state index contributed by atoms with van der Waals surface area (Å²) in [5.74, 6) is 0.538. The van der Waals surface area contributed by atoms with E-state index in [-0.39, 0.29) is 5.91 Å². The molecule has 3 aromatic carbocycles. The summed E-state index contributed by atoms with van der Waals surface area (Å²) in [6.45, 7) is 3.15. The van der Waals surface area contributed by atoms with Crippen LogP contribution in [-0.4, -0.2) is 22.2 Å². The highest BCUT2D eigenvalue weighted by atomic mass is 32.1. The molecule has 1 aliphatic heterocycles. The molecule has 0 bridgehead atoms. The highest BCUT2D eigenvalue weighted by Crippen LogP contribution is 2.28. The molecular weight excluding hydrogens is 456 g/mol. The third-order valence-electron chi connectivity index (χ3n) is 5.84. The molecule has 172 valence electrons. The summed E-state index contributed by atoms with van der Waals surface area (Å²) in [6, 6.07) is 25.1. The molecular formula is C28H22N4O2S. The average molecular weight is 479 g/mol. The molecule has 35 heavy (non-hydrogen) atoms. The number of amides is 1. The monoisotopic (exact) mass is 478 g/mol. The van der Waals surface area contributed by atoms with Gasteiger partial charge in [0.25, 0.3) is 5.91 Å². The number of thiocarbonyl (C=S) groups is 1. The summed E-state index contributed by atoms with van der Waals surface area (Å²) in [4.78, 5) is 14.8. The first-order valence-electron chi connectivity index (χ1n) is 11.2. The molecule has 1 aromatic heterocycles. The molecule has 1 N–H and O–H groups in total. The van der Waals surface area contributed by atoms with E-state index >= 15 is 0 Å². The van der Waals surface area contributed by atoms with E-state index in [1.807, 2.05) is 85.9 Å². The molecule has 4 aromatic rings. The van der Waals surface area contributed by atoms with Crippen molar-refractivity contribution in [2.45, 2.75) is 13.5 Å². The molecule has 6 nitrogen and oxygen atoms in total. The fourth-order valence-electron chi connectivity index (χ4n) is 4.19. The van der Waals surface area contributed by atoms with E-state index in [0.29, 0.717) is 35.2 Å². The van der Waals surface area contributed by atoms with E-state index in [0.717, 1.165) is 27.8 Å². The van der Waals surface area contributed by atoms with Gasteiger partial charge in [-0.15, -0.1) is 0 Å². The Balaban J connectivity index is 1.46. The van der Waals surface area contributed by atoms with Crippen molar-refractivity contribution >= 4 is 45.9 Å². The first kappa shape index (κ1) is 22.4. The number of fused-ring (bicyclic) bond motifs is 1. The summed E-state index contributed by atoms with van der Waals surface area (Å²) in [6.07, 6.45) is 3.88. The zero-order valence-electron chi connectivity index (χ0n) is 19.1. The van der Waals surface area contributed by atoms with Gasteiger partial charge in [0.05, 0.1) is 23.9 Å². The Bertz CT molecular complexity index is 1490. The number of rotatable bonds is 6. The van der Waals surface area contributed by atoms with Gasteiger partial charge in [0, 0.05) is 29.2 Å². The summed E-state index contributed by atoms with van der Waals surface area (Å²) in [5, 5.41) is 13.5. The molecule has 1 amide bonds. The number of ether oxygens (including phenoxy) is 1. The fraction of sp³-hybridized carbons (Fsp3) is 0.107. The normalized spacial score (nSPS) is 14.4. The van der Waals surface area contributed by atoms with Gasteiger partial charge in [-0.05, 0) is 73.2 Å². The number of hydrogen-bond donors (Lipinski definition) is 1. The quantitative estimate of drug-likeness (QED) is 0.304. The Morgan fingerprint density at radius 1 is 1.06 bits per heavy atom. The summed E-state index contributed by atoms with van der Waals surface area (Å²) >= 11 is 5.48. The van der Waals surface area contributed by atoms with E-state index in [9.17, 15) is 4.79 Å². The lowest BCUT2D eigenvalue weighted by Crippen LogP contribution is -2.30. The van der Waals surface area contributed by atoms with Gasteiger partial charge in [-0.3, -0.25) is 9.69 Å². The number of anilines is 1. The minimum absolute atomic E-state index is 0.205. The maximum Gasteiger partial charge on any atom is 0.281 e. The smallest absolute Gasteiger partial charge is 0.281 e. The molecule has 0 unspecified atom stereocenters. The predicted molar refractivity (Wildman–Crippen MR) is 141 cm³/mol. The van der Waals surface area contributed by atoms with Gasteiger partial charge >= 0.3 is 0 Å². The van der Waals surface area contributed by atoms with Gasteiger partial charge < -0.3 is 14.6 Å². The lowest BCUT2D eigenvalue weighted by molar-refractivity contribution is -0.113.